The van der Waals surface area contributed by atoms with Gasteiger partial charge >= 0.3 is 0 Å². The molecule has 7 heteroatoms. The Labute approximate surface area is 112 Å². The molecule has 1 fully saturated rings. The Morgan fingerprint density at radius 3 is 2.68 bits per heavy atom. The highest BCUT2D eigenvalue weighted by atomic mass is 32.2. The van der Waals surface area contributed by atoms with Gasteiger partial charge in [0.1, 0.15) is 0 Å². The van der Waals surface area contributed by atoms with Gasteiger partial charge in [0.05, 0.1) is 10.9 Å². The van der Waals surface area contributed by atoms with Crippen LogP contribution >= 0.6 is 0 Å². The van der Waals surface area contributed by atoms with Crippen LogP contribution in [-0.4, -0.2) is 26.4 Å². The average Bonchev–Trinajstić information content (AvgIpc) is 3.12. The lowest BCUT2D eigenvalue weighted by molar-refractivity contribution is -0.117. The Balaban J connectivity index is 2.16. The zero-order chi connectivity index (χ0) is 14.0. The third kappa shape index (κ3) is 3.76. The van der Waals surface area contributed by atoms with E-state index in [1.165, 1.54) is 12.1 Å². The van der Waals surface area contributed by atoms with Crippen molar-refractivity contribution in [2.24, 2.45) is 5.73 Å². The summed E-state index contributed by atoms with van der Waals surface area (Å²) in [4.78, 5) is 11.6. The number of hydrogen-bond acceptors (Lipinski definition) is 4. The second-order valence-electron chi connectivity index (χ2n) is 4.70. The molecule has 0 saturated heterocycles. The van der Waals surface area contributed by atoms with Gasteiger partial charge in [-0.3, -0.25) is 4.79 Å². The zero-order valence-electron chi connectivity index (χ0n) is 10.6. The van der Waals surface area contributed by atoms with Gasteiger partial charge < -0.3 is 11.1 Å². The highest BCUT2D eigenvalue weighted by molar-refractivity contribution is 7.89. The van der Waals surface area contributed by atoms with Crippen LogP contribution in [0.25, 0.3) is 0 Å². The van der Waals surface area contributed by atoms with E-state index in [1.54, 1.807) is 19.1 Å². The van der Waals surface area contributed by atoms with E-state index in [9.17, 15) is 13.2 Å². The van der Waals surface area contributed by atoms with Gasteiger partial charge in [-0.2, -0.15) is 0 Å². The summed E-state index contributed by atoms with van der Waals surface area (Å²) in [5.74, 6) is -0.357. The monoisotopic (exact) mass is 283 g/mol. The molecule has 0 radical (unpaired) electrons. The second kappa shape index (κ2) is 5.28. The first kappa shape index (κ1) is 14.0. The topological polar surface area (TPSA) is 101 Å². The first-order valence-electron chi connectivity index (χ1n) is 6.07. The van der Waals surface area contributed by atoms with Crippen LogP contribution in [0.1, 0.15) is 19.8 Å². The smallest absolute Gasteiger partial charge is 0.240 e. The number of rotatable bonds is 5. The molecule has 0 heterocycles. The fourth-order valence-electron chi connectivity index (χ4n) is 1.49. The largest absolute Gasteiger partial charge is 0.325 e. The summed E-state index contributed by atoms with van der Waals surface area (Å²) in [6.45, 7) is 1.56. The molecule has 1 atom stereocenters. The quantitative estimate of drug-likeness (QED) is 0.728. The van der Waals surface area contributed by atoms with Crippen molar-refractivity contribution in [3.63, 3.8) is 0 Å². The minimum absolute atomic E-state index is 0.0484. The minimum Gasteiger partial charge on any atom is -0.325 e. The predicted octanol–water partition coefficient (Wildman–Crippen LogP) is 0.413. The second-order valence-corrected chi connectivity index (χ2v) is 6.42. The fraction of sp³-hybridized carbons (Fsp3) is 0.417. The SMILES string of the molecule is C[C@H](N)C(=O)Nc1cccc(S(=O)(=O)NC2CC2)c1. The van der Waals surface area contributed by atoms with Gasteiger partial charge in [0.25, 0.3) is 0 Å². The number of carbonyl (C=O) groups excluding carboxylic acids is 1. The molecule has 1 saturated carbocycles. The van der Waals surface area contributed by atoms with Crippen molar-refractivity contribution >= 4 is 21.6 Å². The lowest BCUT2D eigenvalue weighted by Crippen LogP contribution is -2.32. The van der Waals surface area contributed by atoms with Gasteiger partial charge in [-0.05, 0) is 38.0 Å². The van der Waals surface area contributed by atoms with Crippen LogP contribution in [0.3, 0.4) is 0 Å². The molecule has 2 rings (SSSR count). The molecule has 0 aromatic heterocycles. The van der Waals surface area contributed by atoms with Crippen molar-refractivity contribution in [1.29, 1.82) is 0 Å². The summed E-state index contributed by atoms with van der Waals surface area (Å²) in [5, 5.41) is 2.57. The molecule has 1 aromatic rings. The fourth-order valence-corrected chi connectivity index (χ4v) is 2.84. The molecule has 1 amide bonds. The third-order valence-corrected chi connectivity index (χ3v) is 4.24. The van der Waals surface area contributed by atoms with Crippen molar-refractivity contribution in [3.05, 3.63) is 24.3 Å². The maximum atomic E-state index is 12.0. The Bertz CT molecular complexity index is 580. The van der Waals surface area contributed by atoms with Gasteiger partial charge in [-0.1, -0.05) is 6.07 Å². The van der Waals surface area contributed by atoms with E-state index in [0.29, 0.717) is 5.69 Å². The van der Waals surface area contributed by atoms with Crippen molar-refractivity contribution in [2.45, 2.75) is 36.7 Å². The van der Waals surface area contributed by atoms with Gasteiger partial charge in [-0.25, -0.2) is 13.1 Å². The number of nitrogens with one attached hydrogen (secondary N) is 2. The van der Waals surface area contributed by atoms with Crippen molar-refractivity contribution in [3.8, 4) is 0 Å². The molecule has 6 nitrogen and oxygen atoms in total. The molecule has 1 aliphatic carbocycles. The van der Waals surface area contributed by atoms with Gasteiger partial charge in [0.2, 0.25) is 15.9 Å². The highest BCUT2D eigenvalue weighted by Gasteiger charge is 2.28. The number of amides is 1. The first-order valence-corrected chi connectivity index (χ1v) is 7.55. The van der Waals surface area contributed by atoms with E-state index in [4.69, 9.17) is 5.73 Å². The van der Waals surface area contributed by atoms with E-state index >= 15 is 0 Å². The summed E-state index contributed by atoms with van der Waals surface area (Å²) in [6.07, 6.45) is 1.75. The first-order chi connectivity index (χ1) is 8.88. The molecule has 0 unspecified atom stereocenters. The Kier molecular flexibility index (Phi) is 3.88. The van der Waals surface area contributed by atoms with Gasteiger partial charge in [0.15, 0.2) is 0 Å². The van der Waals surface area contributed by atoms with Crippen LogP contribution in [0.4, 0.5) is 5.69 Å². The number of benzene rings is 1. The molecule has 0 bridgehead atoms. The maximum absolute atomic E-state index is 12.0. The molecule has 0 aliphatic heterocycles. The molecule has 1 aliphatic rings. The summed E-state index contributed by atoms with van der Waals surface area (Å²) >= 11 is 0. The molecule has 1 aromatic carbocycles. The summed E-state index contributed by atoms with van der Waals surface area (Å²) in [5.41, 5.74) is 5.86. The van der Waals surface area contributed by atoms with Crippen LogP contribution in [0.15, 0.2) is 29.2 Å². The average molecular weight is 283 g/mol. The number of carbonyl (C=O) groups is 1. The number of anilines is 1. The predicted molar refractivity (Wildman–Crippen MR) is 72.1 cm³/mol. The number of hydrogen-bond donors (Lipinski definition) is 3. The van der Waals surface area contributed by atoms with E-state index in [1.807, 2.05) is 0 Å². The lowest BCUT2D eigenvalue weighted by atomic mass is 10.3. The van der Waals surface area contributed by atoms with Crippen LogP contribution < -0.4 is 15.8 Å². The Morgan fingerprint density at radius 1 is 1.42 bits per heavy atom. The van der Waals surface area contributed by atoms with Crippen molar-refractivity contribution < 1.29 is 13.2 Å². The maximum Gasteiger partial charge on any atom is 0.240 e. The zero-order valence-corrected chi connectivity index (χ0v) is 11.4. The highest BCUT2D eigenvalue weighted by Crippen LogP contribution is 2.23. The number of sulfonamides is 1. The van der Waals surface area contributed by atoms with Crippen LogP contribution in [-0.2, 0) is 14.8 Å². The van der Waals surface area contributed by atoms with Crippen molar-refractivity contribution in [1.82, 2.24) is 4.72 Å². The normalized spacial score (nSPS) is 16.9. The molecular weight excluding hydrogens is 266 g/mol. The molecule has 104 valence electrons. The van der Waals surface area contributed by atoms with E-state index in [-0.39, 0.29) is 16.8 Å². The summed E-state index contributed by atoms with van der Waals surface area (Å²) < 4.78 is 26.6. The van der Waals surface area contributed by atoms with E-state index in [0.717, 1.165) is 12.8 Å². The summed E-state index contributed by atoms with van der Waals surface area (Å²) in [6, 6.07) is 5.52. The van der Waals surface area contributed by atoms with E-state index in [2.05, 4.69) is 10.0 Å². The molecular formula is C12H17N3O3S. The Hall–Kier alpha value is -1.44. The molecule has 4 N–H and O–H groups in total. The lowest BCUT2D eigenvalue weighted by Gasteiger charge is -2.10. The van der Waals surface area contributed by atoms with Gasteiger partial charge in [0, 0.05) is 11.7 Å². The minimum atomic E-state index is -3.51. The molecule has 19 heavy (non-hydrogen) atoms. The Morgan fingerprint density at radius 2 is 2.11 bits per heavy atom. The summed E-state index contributed by atoms with van der Waals surface area (Å²) in [7, 11) is -3.51. The standard InChI is InChI=1S/C12H17N3O3S/c1-8(13)12(16)14-10-3-2-4-11(7-10)19(17,18)15-9-5-6-9/h2-4,7-9,15H,5-6,13H2,1H3,(H,14,16)/t8-/m0/s1. The molecule has 0 spiro atoms. The third-order valence-electron chi connectivity index (χ3n) is 2.72. The van der Waals surface area contributed by atoms with Gasteiger partial charge in [-0.15, -0.1) is 0 Å². The van der Waals surface area contributed by atoms with E-state index < -0.39 is 16.1 Å². The number of nitrogens with two attached hydrogens (primary N) is 1. The van der Waals surface area contributed by atoms with Crippen LogP contribution in [0.2, 0.25) is 0 Å². The van der Waals surface area contributed by atoms with Crippen LogP contribution in [0, 0.1) is 0 Å². The van der Waals surface area contributed by atoms with Crippen molar-refractivity contribution in [2.75, 3.05) is 5.32 Å². The van der Waals surface area contributed by atoms with Crippen LogP contribution in [0.5, 0.6) is 0 Å².